The van der Waals surface area contributed by atoms with Gasteiger partial charge in [0.15, 0.2) is 0 Å². The second-order valence-electron chi connectivity index (χ2n) is 5.63. The highest BCUT2D eigenvalue weighted by Crippen LogP contribution is 2.27. The van der Waals surface area contributed by atoms with Crippen LogP contribution in [0.25, 0.3) is 0 Å². The summed E-state index contributed by atoms with van der Waals surface area (Å²) in [4.78, 5) is 4.81. The molecule has 2 unspecified atom stereocenters. The summed E-state index contributed by atoms with van der Waals surface area (Å²) in [5.74, 6) is -0.229. The maximum Gasteiger partial charge on any atom is 0.137 e. The van der Waals surface area contributed by atoms with Crippen molar-refractivity contribution in [2.45, 2.75) is 25.4 Å². The average Bonchev–Trinajstić information content (AvgIpc) is 2.56. The van der Waals surface area contributed by atoms with E-state index in [0.29, 0.717) is 17.1 Å². The van der Waals surface area contributed by atoms with Gasteiger partial charge in [0.2, 0.25) is 0 Å². The van der Waals surface area contributed by atoms with Crippen LogP contribution in [0.15, 0.2) is 22.7 Å². The van der Waals surface area contributed by atoms with Crippen LogP contribution in [0, 0.1) is 5.82 Å². The quantitative estimate of drug-likeness (QED) is 0.915. The number of hydrogen-bond donors (Lipinski definition) is 1. The molecular formula is C15H23BrFN3. The van der Waals surface area contributed by atoms with Crippen LogP contribution in [0.5, 0.6) is 0 Å². The number of nitrogens with two attached hydrogens (primary N) is 1. The predicted molar refractivity (Wildman–Crippen MR) is 84.2 cm³/mol. The van der Waals surface area contributed by atoms with Gasteiger partial charge in [0.05, 0.1) is 4.47 Å². The van der Waals surface area contributed by atoms with Crippen LogP contribution in [-0.4, -0.2) is 49.1 Å². The van der Waals surface area contributed by atoms with Crippen LogP contribution >= 0.6 is 15.9 Å². The summed E-state index contributed by atoms with van der Waals surface area (Å²) in [6.07, 6.45) is 1.14. The number of benzene rings is 1. The molecule has 0 radical (unpaired) electrons. The highest BCUT2D eigenvalue weighted by Gasteiger charge is 2.27. The molecule has 3 nitrogen and oxygen atoms in total. The highest BCUT2D eigenvalue weighted by molar-refractivity contribution is 9.10. The first-order valence-electron chi connectivity index (χ1n) is 7.12. The Morgan fingerprint density at radius 3 is 2.85 bits per heavy atom. The lowest BCUT2D eigenvalue weighted by Gasteiger charge is -2.35. The van der Waals surface area contributed by atoms with Crippen molar-refractivity contribution in [3.8, 4) is 0 Å². The summed E-state index contributed by atoms with van der Waals surface area (Å²) < 4.78 is 13.9. The molecule has 0 amide bonds. The monoisotopic (exact) mass is 343 g/mol. The lowest BCUT2D eigenvalue weighted by atomic mass is 10.0. The second-order valence-corrected chi connectivity index (χ2v) is 6.48. The van der Waals surface area contributed by atoms with Gasteiger partial charge < -0.3 is 10.6 Å². The molecule has 0 aliphatic carbocycles. The van der Waals surface area contributed by atoms with E-state index in [0.717, 1.165) is 31.6 Å². The van der Waals surface area contributed by atoms with E-state index in [9.17, 15) is 4.39 Å². The molecular weight excluding hydrogens is 321 g/mol. The lowest BCUT2D eigenvalue weighted by Crippen LogP contribution is -2.42. The van der Waals surface area contributed by atoms with Gasteiger partial charge in [0.1, 0.15) is 5.82 Å². The molecule has 0 bridgehead atoms. The molecule has 0 saturated carbocycles. The minimum absolute atomic E-state index is 0.147. The van der Waals surface area contributed by atoms with Crippen molar-refractivity contribution < 1.29 is 4.39 Å². The molecule has 1 aromatic rings. The van der Waals surface area contributed by atoms with Gasteiger partial charge in [-0.2, -0.15) is 0 Å². The van der Waals surface area contributed by atoms with Crippen LogP contribution < -0.4 is 5.73 Å². The molecule has 1 aromatic carbocycles. The Balaban J connectivity index is 2.23. The molecule has 2 N–H and O–H groups in total. The predicted octanol–water partition coefficient (Wildman–Crippen LogP) is 2.61. The molecule has 0 spiro atoms. The van der Waals surface area contributed by atoms with E-state index < -0.39 is 0 Å². The Morgan fingerprint density at radius 2 is 2.20 bits per heavy atom. The minimum Gasteiger partial charge on any atom is -0.329 e. The van der Waals surface area contributed by atoms with Gasteiger partial charge in [-0.3, -0.25) is 4.90 Å². The fourth-order valence-electron chi connectivity index (χ4n) is 3.04. The molecule has 112 valence electrons. The molecule has 2 atom stereocenters. The molecule has 1 heterocycles. The largest absolute Gasteiger partial charge is 0.329 e. The van der Waals surface area contributed by atoms with E-state index in [1.165, 1.54) is 6.07 Å². The second kappa shape index (κ2) is 6.98. The van der Waals surface area contributed by atoms with E-state index in [4.69, 9.17) is 5.73 Å². The van der Waals surface area contributed by atoms with Crippen molar-refractivity contribution >= 4 is 15.9 Å². The molecule has 5 heteroatoms. The number of rotatable bonds is 3. The van der Waals surface area contributed by atoms with Gasteiger partial charge in [-0.05, 0) is 60.6 Å². The average molecular weight is 344 g/mol. The van der Waals surface area contributed by atoms with Crippen LogP contribution in [0.4, 0.5) is 4.39 Å². The van der Waals surface area contributed by atoms with Crippen LogP contribution in [0.3, 0.4) is 0 Å². The first kappa shape index (κ1) is 15.9. The Kier molecular flexibility index (Phi) is 5.55. The van der Waals surface area contributed by atoms with Crippen molar-refractivity contribution in [2.24, 2.45) is 5.73 Å². The van der Waals surface area contributed by atoms with Crippen LogP contribution in [0.2, 0.25) is 0 Å². The van der Waals surface area contributed by atoms with Gasteiger partial charge in [-0.15, -0.1) is 0 Å². The van der Waals surface area contributed by atoms with Gasteiger partial charge in [0.25, 0.3) is 0 Å². The van der Waals surface area contributed by atoms with E-state index in [2.05, 4.69) is 39.7 Å². The highest BCUT2D eigenvalue weighted by atomic mass is 79.9. The Bertz CT molecular complexity index is 455. The zero-order valence-electron chi connectivity index (χ0n) is 12.1. The number of nitrogens with zero attached hydrogens (tertiary/aromatic N) is 2. The topological polar surface area (TPSA) is 32.5 Å². The number of likely N-dealkylation sites (N-methyl/N-ethyl adjacent to an activating group) is 1. The number of hydrogen-bond acceptors (Lipinski definition) is 3. The molecule has 1 aliphatic heterocycles. The summed E-state index contributed by atoms with van der Waals surface area (Å²) in [5, 5.41) is 0. The van der Waals surface area contributed by atoms with E-state index in [-0.39, 0.29) is 11.9 Å². The number of halogens is 2. The minimum atomic E-state index is -0.229. The van der Waals surface area contributed by atoms with E-state index >= 15 is 0 Å². The Hall–Kier alpha value is -0.490. The summed E-state index contributed by atoms with van der Waals surface area (Å²) in [6, 6.07) is 5.80. The Labute approximate surface area is 129 Å². The van der Waals surface area contributed by atoms with Gasteiger partial charge in [-0.25, -0.2) is 4.39 Å². The maximum atomic E-state index is 13.4. The van der Waals surface area contributed by atoms with Crippen LogP contribution in [0.1, 0.15) is 24.9 Å². The third-order valence-corrected chi connectivity index (χ3v) is 4.66. The van der Waals surface area contributed by atoms with E-state index in [1.807, 2.05) is 12.1 Å². The first-order valence-corrected chi connectivity index (χ1v) is 7.91. The van der Waals surface area contributed by atoms with Crippen molar-refractivity contribution in [1.29, 1.82) is 0 Å². The molecule has 1 fully saturated rings. The standard InChI is InChI=1S/C15H23BrFN3/c1-11-10-19(2)6-3-7-20(11)15(9-18)12-4-5-14(17)13(16)8-12/h4-5,8,11,15H,3,6-7,9-10,18H2,1-2H3. The van der Waals surface area contributed by atoms with Gasteiger partial charge in [0, 0.05) is 31.7 Å². The fourth-order valence-corrected chi connectivity index (χ4v) is 3.43. The van der Waals surface area contributed by atoms with Gasteiger partial charge in [-0.1, -0.05) is 6.07 Å². The summed E-state index contributed by atoms with van der Waals surface area (Å²) in [6.45, 7) is 5.97. The first-order chi connectivity index (χ1) is 9.52. The molecule has 1 aliphatic rings. The summed E-state index contributed by atoms with van der Waals surface area (Å²) in [7, 11) is 2.16. The molecule has 1 saturated heterocycles. The molecule has 0 aromatic heterocycles. The third kappa shape index (κ3) is 3.58. The maximum absolute atomic E-state index is 13.4. The van der Waals surface area contributed by atoms with Crippen molar-refractivity contribution in [3.63, 3.8) is 0 Å². The van der Waals surface area contributed by atoms with Crippen LogP contribution in [-0.2, 0) is 0 Å². The molecule has 2 rings (SSSR count). The Morgan fingerprint density at radius 1 is 1.45 bits per heavy atom. The van der Waals surface area contributed by atoms with Gasteiger partial charge >= 0.3 is 0 Å². The fraction of sp³-hybridized carbons (Fsp3) is 0.600. The SMILES string of the molecule is CC1CN(C)CCCN1C(CN)c1ccc(F)c(Br)c1. The zero-order valence-corrected chi connectivity index (χ0v) is 13.7. The summed E-state index contributed by atoms with van der Waals surface area (Å²) >= 11 is 3.27. The lowest BCUT2D eigenvalue weighted by molar-refractivity contribution is 0.146. The normalized spacial score (nSPS) is 23.6. The zero-order chi connectivity index (χ0) is 14.7. The van der Waals surface area contributed by atoms with Crippen molar-refractivity contribution in [2.75, 3.05) is 33.2 Å². The van der Waals surface area contributed by atoms with E-state index in [1.54, 1.807) is 0 Å². The molecule has 20 heavy (non-hydrogen) atoms. The smallest absolute Gasteiger partial charge is 0.137 e. The van der Waals surface area contributed by atoms with Crippen molar-refractivity contribution in [3.05, 3.63) is 34.1 Å². The summed E-state index contributed by atoms with van der Waals surface area (Å²) in [5.41, 5.74) is 7.09. The van der Waals surface area contributed by atoms with Crippen molar-refractivity contribution in [1.82, 2.24) is 9.80 Å². The third-order valence-electron chi connectivity index (χ3n) is 4.05.